The van der Waals surface area contributed by atoms with Crippen molar-refractivity contribution in [3.63, 3.8) is 0 Å². The van der Waals surface area contributed by atoms with E-state index in [-0.39, 0.29) is 18.5 Å². The van der Waals surface area contributed by atoms with Gasteiger partial charge in [-0.3, -0.25) is 4.79 Å². The summed E-state index contributed by atoms with van der Waals surface area (Å²) in [5.41, 5.74) is 1.67. The van der Waals surface area contributed by atoms with Crippen LogP contribution in [0.5, 0.6) is 0 Å². The fourth-order valence-corrected chi connectivity index (χ4v) is 7.98. The number of hydrogen-bond acceptors (Lipinski definition) is 3. The van der Waals surface area contributed by atoms with E-state index in [2.05, 4.69) is 26.8 Å². The van der Waals surface area contributed by atoms with Crippen molar-refractivity contribution in [1.29, 1.82) is 0 Å². The topological polar surface area (TPSA) is 46.5 Å². The maximum Gasteiger partial charge on any atom is 0.155 e. The average Bonchev–Trinajstić information content (AvgIpc) is 2.97. The second kappa shape index (κ2) is 6.94. The predicted molar refractivity (Wildman–Crippen MR) is 112 cm³/mol. The highest BCUT2D eigenvalue weighted by Gasteiger charge is 2.59. The molecule has 0 aliphatic heterocycles. The zero-order valence-electron chi connectivity index (χ0n) is 18.6. The Morgan fingerprint density at radius 3 is 2.64 bits per heavy atom. The van der Waals surface area contributed by atoms with Crippen LogP contribution in [0.3, 0.4) is 0 Å². The van der Waals surface area contributed by atoms with Gasteiger partial charge in [-0.1, -0.05) is 25.5 Å². The Labute approximate surface area is 171 Å². The number of rotatable bonds is 4. The largest absolute Gasteiger partial charge is 0.390 e. The molecule has 1 N–H and O–H groups in total. The van der Waals surface area contributed by atoms with Crippen LogP contribution in [0, 0.1) is 34.5 Å². The Morgan fingerprint density at radius 2 is 1.93 bits per heavy atom. The van der Waals surface area contributed by atoms with Gasteiger partial charge in [-0.15, -0.1) is 0 Å². The van der Waals surface area contributed by atoms with E-state index in [4.69, 9.17) is 4.74 Å². The first-order chi connectivity index (χ1) is 13.1. The third-order valence-electron chi connectivity index (χ3n) is 9.57. The van der Waals surface area contributed by atoms with Crippen molar-refractivity contribution < 1.29 is 14.6 Å². The van der Waals surface area contributed by atoms with Crippen LogP contribution in [0.25, 0.3) is 0 Å². The van der Waals surface area contributed by atoms with Gasteiger partial charge < -0.3 is 9.84 Å². The number of ether oxygens (including phenoxy) is 1. The van der Waals surface area contributed by atoms with Crippen LogP contribution < -0.4 is 0 Å². The third kappa shape index (κ3) is 3.21. The lowest BCUT2D eigenvalue weighted by Crippen LogP contribution is -2.52. The summed E-state index contributed by atoms with van der Waals surface area (Å²) in [6.07, 6.45) is 12.0. The fourth-order valence-electron chi connectivity index (χ4n) is 7.98. The van der Waals surface area contributed by atoms with Gasteiger partial charge in [0.1, 0.15) is 6.61 Å². The van der Waals surface area contributed by atoms with Gasteiger partial charge in [-0.2, -0.15) is 0 Å². The SMILES string of the molecule is CC(=O)CO[C@@H](C)[C@H]1CCC2C3CC=C4C[C@@](C)(O)CC[C@]4(C)C3CC[C@@]21C. The highest BCUT2D eigenvalue weighted by molar-refractivity contribution is 5.76. The molecule has 0 radical (unpaired) electrons. The highest BCUT2D eigenvalue weighted by atomic mass is 16.5. The molecule has 28 heavy (non-hydrogen) atoms. The zero-order valence-corrected chi connectivity index (χ0v) is 18.6. The third-order valence-corrected chi connectivity index (χ3v) is 9.57. The lowest BCUT2D eigenvalue weighted by atomic mass is 9.46. The molecular formula is C25H40O3. The molecule has 3 nitrogen and oxygen atoms in total. The first-order valence-electron chi connectivity index (χ1n) is 11.6. The van der Waals surface area contributed by atoms with E-state index < -0.39 is 5.60 Å². The molecule has 0 aromatic rings. The number of fused-ring (bicyclic) bond motifs is 5. The number of ketones is 1. The maximum atomic E-state index is 11.4. The number of carbonyl (C=O) groups is 1. The Bertz CT molecular complexity index is 665. The molecule has 0 saturated heterocycles. The molecule has 0 heterocycles. The molecular weight excluding hydrogens is 348 g/mol. The molecule has 8 atom stereocenters. The van der Waals surface area contributed by atoms with Crippen molar-refractivity contribution in [2.75, 3.05) is 6.61 Å². The quantitative estimate of drug-likeness (QED) is 0.664. The summed E-state index contributed by atoms with van der Waals surface area (Å²) < 4.78 is 5.98. The molecule has 0 spiro atoms. The van der Waals surface area contributed by atoms with E-state index >= 15 is 0 Å². The van der Waals surface area contributed by atoms with Crippen LogP contribution in [0.1, 0.15) is 86.0 Å². The zero-order chi connectivity index (χ0) is 20.3. The van der Waals surface area contributed by atoms with Gasteiger partial charge in [-0.25, -0.2) is 0 Å². The van der Waals surface area contributed by atoms with Gasteiger partial charge in [0, 0.05) is 0 Å². The van der Waals surface area contributed by atoms with Gasteiger partial charge >= 0.3 is 0 Å². The van der Waals surface area contributed by atoms with Crippen molar-refractivity contribution >= 4 is 5.78 Å². The van der Waals surface area contributed by atoms with Crippen LogP contribution in [0.4, 0.5) is 0 Å². The number of hydrogen-bond donors (Lipinski definition) is 1. The second-order valence-electron chi connectivity index (χ2n) is 11.4. The number of Topliss-reactive ketones (excluding diaryl/α,β-unsaturated/α-hetero) is 1. The van der Waals surface area contributed by atoms with E-state index in [0.717, 1.165) is 37.0 Å². The van der Waals surface area contributed by atoms with Crippen molar-refractivity contribution in [2.24, 2.45) is 34.5 Å². The summed E-state index contributed by atoms with van der Waals surface area (Å²) in [5.74, 6) is 3.02. The summed E-state index contributed by atoms with van der Waals surface area (Å²) >= 11 is 0. The highest BCUT2D eigenvalue weighted by Crippen LogP contribution is 2.67. The van der Waals surface area contributed by atoms with Gasteiger partial charge in [0.2, 0.25) is 0 Å². The molecule has 4 aliphatic carbocycles. The normalized spacial score (nSPS) is 48.9. The van der Waals surface area contributed by atoms with Crippen molar-refractivity contribution in [2.45, 2.75) is 97.7 Å². The van der Waals surface area contributed by atoms with Crippen LogP contribution in [-0.2, 0) is 9.53 Å². The number of allylic oxidation sites excluding steroid dienone is 1. The van der Waals surface area contributed by atoms with Gasteiger partial charge in [0.05, 0.1) is 11.7 Å². The number of carbonyl (C=O) groups excluding carboxylic acids is 1. The molecule has 0 bridgehead atoms. The smallest absolute Gasteiger partial charge is 0.155 e. The van der Waals surface area contributed by atoms with Crippen molar-refractivity contribution in [3.05, 3.63) is 11.6 Å². The first-order valence-corrected chi connectivity index (χ1v) is 11.6. The minimum absolute atomic E-state index is 0.126. The molecule has 3 fully saturated rings. The van der Waals surface area contributed by atoms with Crippen molar-refractivity contribution in [3.8, 4) is 0 Å². The summed E-state index contributed by atoms with van der Waals surface area (Å²) in [4.78, 5) is 11.4. The first kappa shape index (κ1) is 20.6. The Kier molecular flexibility index (Phi) is 5.11. The van der Waals surface area contributed by atoms with Crippen LogP contribution in [-0.4, -0.2) is 29.2 Å². The Morgan fingerprint density at radius 1 is 1.18 bits per heavy atom. The van der Waals surface area contributed by atoms with Gasteiger partial charge in [-0.05, 0) is 107 Å². The molecule has 0 aromatic carbocycles. The monoisotopic (exact) mass is 388 g/mol. The lowest BCUT2D eigenvalue weighted by Gasteiger charge is -2.59. The molecule has 3 heteroatoms. The molecule has 158 valence electrons. The molecule has 4 rings (SSSR count). The minimum Gasteiger partial charge on any atom is -0.390 e. The second-order valence-corrected chi connectivity index (χ2v) is 11.4. The van der Waals surface area contributed by atoms with Crippen LogP contribution in [0.15, 0.2) is 11.6 Å². The summed E-state index contributed by atoms with van der Waals surface area (Å²) in [6, 6.07) is 0. The van der Waals surface area contributed by atoms with E-state index in [1.165, 1.54) is 32.1 Å². The van der Waals surface area contributed by atoms with E-state index in [1.807, 2.05) is 6.92 Å². The van der Waals surface area contributed by atoms with Gasteiger partial charge in [0.15, 0.2) is 5.78 Å². The fraction of sp³-hybridized carbons (Fsp3) is 0.880. The summed E-state index contributed by atoms with van der Waals surface area (Å²) in [5, 5.41) is 10.6. The summed E-state index contributed by atoms with van der Waals surface area (Å²) in [6.45, 7) is 11.1. The average molecular weight is 389 g/mol. The predicted octanol–water partition coefficient (Wildman–Crippen LogP) is 5.31. The molecule has 3 unspecified atom stereocenters. The summed E-state index contributed by atoms with van der Waals surface area (Å²) in [7, 11) is 0. The molecule has 3 saturated carbocycles. The maximum absolute atomic E-state index is 11.4. The Hall–Kier alpha value is -0.670. The lowest BCUT2D eigenvalue weighted by molar-refractivity contribution is -0.127. The van der Waals surface area contributed by atoms with Crippen molar-refractivity contribution in [1.82, 2.24) is 0 Å². The van der Waals surface area contributed by atoms with Crippen LogP contribution in [0.2, 0.25) is 0 Å². The molecule has 0 aromatic heterocycles. The molecule has 0 amide bonds. The number of aliphatic hydroxyl groups is 1. The van der Waals surface area contributed by atoms with E-state index in [9.17, 15) is 9.90 Å². The van der Waals surface area contributed by atoms with E-state index in [1.54, 1.807) is 12.5 Å². The van der Waals surface area contributed by atoms with E-state index in [0.29, 0.717) is 16.7 Å². The molecule has 4 aliphatic rings. The standard InChI is InChI=1S/C25H40O3/c1-16(26)15-28-17(2)20-8-9-21-19-7-6-18-14-23(3,27)12-13-24(18,4)22(19)10-11-25(20,21)5/h6,17,19-22,27H,7-15H2,1-5H3/t17-,19?,20+,21?,22?,23-,24-,25+/m0/s1. The van der Waals surface area contributed by atoms with Crippen LogP contribution >= 0.6 is 0 Å². The Balaban J connectivity index is 1.55. The van der Waals surface area contributed by atoms with Gasteiger partial charge in [0.25, 0.3) is 0 Å². The minimum atomic E-state index is -0.511.